The van der Waals surface area contributed by atoms with Gasteiger partial charge in [-0.1, -0.05) is 6.07 Å². The van der Waals surface area contributed by atoms with Crippen LogP contribution in [0.2, 0.25) is 0 Å². The van der Waals surface area contributed by atoms with Crippen LogP contribution < -0.4 is 14.2 Å². The fourth-order valence-electron chi connectivity index (χ4n) is 3.74. The summed E-state index contributed by atoms with van der Waals surface area (Å²) < 4.78 is 79.1. The highest BCUT2D eigenvalue weighted by Crippen LogP contribution is 2.66. The van der Waals surface area contributed by atoms with Gasteiger partial charge in [0.25, 0.3) is 0 Å². The van der Waals surface area contributed by atoms with Crippen molar-refractivity contribution in [3.63, 3.8) is 0 Å². The zero-order valence-corrected chi connectivity index (χ0v) is 14.7. The molecule has 2 aromatic rings. The minimum absolute atomic E-state index is 0.111. The first-order chi connectivity index (χ1) is 13.5. The summed E-state index contributed by atoms with van der Waals surface area (Å²) in [6.07, 6.45) is -4.74. The highest BCUT2D eigenvalue weighted by Gasteiger charge is 2.72. The standard InChI is InChI=1S/C19H13F5O5/c1-18-14(15(18)16(25)26)10-4-3-9(7-12(10)29-18)27-11-5-2-8(19(22,23)24)6-13(11)28-17(20)21/h2-7,14-15,17H,1H3,(H,25,26). The van der Waals surface area contributed by atoms with E-state index in [0.29, 0.717) is 23.4 Å². The predicted octanol–water partition coefficient (Wildman–Crippen LogP) is 5.05. The van der Waals surface area contributed by atoms with Crippen molar-refractivity contribution in [2.45, 2.75) is 31.2 Å². The Bertz CT molecular complexity index is 989. The van der Waals surface area contributed by atoms with E-state index in [0.717, 1.165) is 6.07 Å². The Kier molecular flexibility index (Phi) is 4.14. The van der Waals surface area contributed by atoms with Crippen LogP contribution in [-0.2, 0) is 11.0 Å². The molecule has 154 valence electrons. The Labute approximate surface area is 160 Å². The fraction of sp³-hybridized carbons (Fsp3) is 0.316. The van der Waals surface area contributed by atoms with Crippen LogP contribution in [0.5, 0.6) is 23.0 Å². The molecule has 0 amide bonds. The molecule has 1 aliphatic heterocycles. The lowest BCUT2D eigenvalue weighted by Gasteiger charge is -2.16. The first-order valence-electron chi connectivity index (χ1n) is 8.40. The van der Waals surface area contributed by atoms with Crippen LogP contribution in [0.25, 0.3) is 0 Å². The third-order valence-electron chi connectivity index (χ3n) is 5.09. The lowest BCUT2D eigenvalue weighted by molar-refractivity contribution is -0.140. The maximum Gasteiger partial charge on any atom is 0.416 e. The second-order valence-electron chi connectivity index (χ2n) is 6.92. The number of rotatable bonds is 5. The molecule has 0 bridgehead atoms. The summed E-state index contributed by atoms with van der Waals surface area (Å²) in [6.45, 7) is -1.68. The van der Waals surface area contributed by atoms with Crippen molar-refractivity contribution >= 4 is 5.97 Å². The summed E-state index contributed by atoms with van der Waals surface area (Å²) in [7, 11) is 0. The van der Waals surface area contributed by atoms with Gasteiger partial charge in [0.05, 0.1) is 5.56 Å². The topological polar surface area (TPSA) is 65.0 Å². The van der Waals surface area contributed by atoms with Gasteiger partial charge in [-0.2, -0.15) is 22.0 Å². The summed E-state index contributed by atoms with van der Waals surface area (Å²) in [5.74, 6) is -2.57. The van der Waals surface area contributed by atoms with Gasteiger partial charge in [0.15, 0.2) is 11.5 Å². The van der Waals surface area contributed by atoms with E-state index in [1.54, 1.807) is 13.0 Å². The first kappa shape index (κ1) is 19.3. The monoisotopic (exact) mass is 416 g/mol. The van der Waals surface area contributed by atoms with E-state index in [9.17, 15) is 31.9 Å². The number of ether oxygens (including phenoxy) is 3. The summed E-state index contributed by atoms with van der Waals surface area (Å²) in [6, 6.07) is 6.46. The van der Waals surface area contributed by atoms with Crippen LogP contribution in [0.1, 0.15) is 24.0 Å². The molecule has 1 N–H and O–H groups in total. The second-order valence-corrected chi connectivity index (χ2v) is 6.92. The van der Waals surface area contributed by atoms with Crippen molar-refractivity contribution < 1.29 is 46.1 Å². The third kappa shape index (κ3) is 3.22. The molecular formula is C19H13F5O5. The van der Waals surface area contributed by atoms with E-state index in [2.05, 4.69) is 4.74 Å². The van der Waals surface area contributed by atoms with Crippen molar-refractivity contribution in [1.82, 2.24) is 0 Å². The van der Waals surface area contributed by atoms with Gasteiger partial charge in [0.2, 0.25) is 0 Å². The Hall–Kier alpha value is -3.04. The van der Waals surface area contributed by atoms with Gasteiger partial charge >= 0.3 is 18.8 Å². The molecule has 0 saturated heterocycles. The minimum atomic E-state index is -4.74. The summed E-state index contributed by atoms with van der Waals surface area (Å²) in [5.41, 5.74) is -1.36. The zero-order chi connectivity index (χ0) is 21.1. The van der Waals surface area contributed by atoms with Gasteiger partial charge in [-0.05, 0) is 31.2 Å². The first-order valence-corrected chi connectivity index (χ1v) is 8.40. The lowest BCUT2D eigenvalue weighted by Crippen LogP contribution is -2.19. The number of benzene rings is 2. The molecule has 2 aliphatic rings. The zero-order valence-electron chi connectivity index (χ0n) is 14.7. The quantitative estimate of drug-likeness (QED) is 0.692. The summed E-state index contributed by atoms with van der Waals surface area (Å²) in [5, 5.41) is 9.22. The lowest BCUT2D eigenvalue weighted by atomic mass is 10.1. The van der Waals surface area contributed by atoms with Crippen LogP contribution in [0.15, 0.2) is 36.4 Å². The molecule has 29 heavy (non-hydrogen) atoms. The number of hydrogen-bond acceptors (Lipinski definition) is 4. The maximum absolute atomic E-state index is 12.8. The fourth-order valence-corrected chi connectivity index (χ4v) is 3.74. The molecule has 10 heteroatoms. The molecule has 2 aromatic carbocycles. The number of carbonyl (C=O) groups is 1. The number of alkyl halides is 5. The minimum Gasteiger partial charge on any atom is -0.486 e. The Balaban J connectivity index is 1.61. The van der Waals surface area contributed by atoms with Crippen LogP contribution in [0.3, 0.4) is 0 Å². The number of aliphatic carboxylic acids is 1. The van der Waals surface area contributed by atoms with Crippen molar-refractivity contribution in [2.75, 3.05) is 0 Å². The smallest absolute Gasteiger partial charge is 0.416 e. The van der Waals surface area contributed by atoms with E-state index >= 15 is 0 Å². The van der Waals surface area contributed by atoms with Crippen molar-refractivity contribution in [1.29, 1.82) is 0 Å². The Morgan fingerprint density at radius 3 is 2.52 bits per heavy atom. The van der Waals surface area contributed by atoms with Gasteiger partial charge in [-0.15, -0.1) is 0 Å². The average Bonchev–Trinajstić information content (AvgIpc) is 3.09. The van der Waals surface area contributed by atoms with Gasteiger partial charge in [-0.25, -0.2) is 0 Å². The molecule has 0 aromatic heterocycles. The van der Waals surface area contributed by atoms with Crippen LogP contribution in [0.4, 0.5) is 22.0 Å². The number of carboxylic acids is 1. The third-order valence-corrected chi connectivity index (χ3v) is 5.09. The van der Waals surface area contributed by atoms with E-state index in [4.69, 9.17) is 9.47 Å². The number of hydrogen-bond donors (Lipinski definition) is 1. The van der Waals surface area contributed by atoms with Crippen molar-refractivity contribution in [3.8, 4) is 23.0 Å². The molecule has 1 heterocycles. The summed E-state index contributed by atoms with van der Waals surface area (Å²) in [4.78, 5) is 11.3. The van der Waals surface area contributed by atoms with Gasteiger partial charge in [0, 0.05) is 17.5 Å². The molecule has 0 radical (unpaired) electrons. The highest BCUT2D eigenvalue weighted by atomic mass is 19.4. The van der Waals surface area contributed by atoms with Crippen molar-refractivity contribution in [3.05, 3.63) is 47.5 Å². The molecule has 1 saturated carbocycles. The van der Waals surface area contributed by atoms with Crippen molar-refractivity contribution in [2.24, 2.45) is 5.92 Å². The Morgan fingerprint density at radius 1 is 1.17 bits per heavy atom. The molecule has 5 nitrogen and oxygen atoms in total. The Morgan fingerprint density at radius 2 is 1.90 bits per heavy atom. The van der Waals surface area contributed by atoms with Crippen LogP contribution >= 0.6 is 0 Å². The number of fused-ring (bicyclic) bond motifs is 3. The predicted molar refractivity (Wildman–Crippen MR) is 87.5 cm³/mol. The van der Waals surface area contributed by atoms with Gasteiger partial charge in [0.1, 0.15) is 23.0 Å². The average molecular weight is 416 g/mol. The van der Waals surface area contributed by atoms with E-state index in [1.165, 1.54) is 12.1 Å². The highest BCUT2D eigenvalue weighted by molar-refractivity contribution is 5.81. The molecule has 3 atom stereocenters. The number of carboxylic acid groups (broad SMARTS) is 1. The molecule has 0 spiro atoms. The normalized spacial score (nSPS) is 24.5. The van der Waals surface area contributed by atoms with E-state index in [-0.39, 0.29) is 17.4 Å². The van der Waals surface area contributed by atoms with Crippen LogP contribution in [0, 0.1) is 5.92 Å². The SMILES string of the molecule is CC12Oc3cc(Oc4ccc(C(F)(F)F)cc4OC(F)F)ccc3C1C2C(=O)O. The number of halogens is 5. The van der Waals surface area contributed by atoms with E-state index < -0.39 is 41.6 Å². The molecule has 3 unspecified atom stereocenters. The summed E-state index contributed by atoms with van der Waals surface area (Å²) >= 11 is 0. The molecular weight excluding hydrogens is 403 g/mol. The van der Waals surface area contributed by atoms with Gasteiger partial charge in [-0.3, -0.25) is 4.79 Å². The van der Waals surface area contributed by atoms with Crippen LogP contribution in [-0.4, -0.2) is 23.3 Å². The molecule has 1 aliphatic carbocycles. The second kappa shape index (κ2) is 6.23. The molecule has 1 fully saturated rings. The molecule has 4 rings (SSSR count). The maximum atomic E-state index is 12.8. The largest absolute Gasteiger partial charge is 0.486 e. The van der Waals surface area contributed by atoms with E-state index in [1.807, 2.05) is 0 Å². The van der Waals surface area contributed by atoms with Gasteiger partial charge < -0.3 is 19.3 Å².